The van der Waals surface area contributed by atoms with Gasteiger partial charge >= 0.3 is 0 Å². The Morgan fingerprint density at radius 1 is 1.42 bits per heavy atom. The van der Waals surface area contributed by atoms with Crippen LogP contribution in [-0.2, 0) is 19.4 Å². The molecule has 1 aromatic carbocycles. The minimum absolute atomic E-state index is 0.0137. The van der Waals surface area contributed by atoms with E-state index >= 15 is 0 Å². The van der Waals surface area contributed by atoms with Gasteiger partial charge in [0.2, 0.25) is 0 Å². The Morgan fingerprint density at radius 2 is 2.25 bits per heavy atom. The lowest BCUT2D eigenvalue weighted by atomic mass is 9.89. The molecule has 0 amide bonds. The van der Waals surface area contributed by atoms with Crippen molar-refractivity contribution >= 4 is 21.6 Å². The van der Waals surface area contributed by atoms with Crippen LogP contribution in [0, 0.1) is 17.2 Å². The summed E-state index contributed by atoms with van der Waals surface area (Å²) in [6.45, 7) is 2.64. The third-order valence-corrected chi connectivity index (χ3v) is 5.92. The predicted octanol–water partition coefficient (Wildman–Crippen LogP) is 3.50. The summed E-state index contributed by atoms with van der Waals surface area (Å²) in [4.78, 5) is 19.7. The Bertz CT molecular complexity index is 1030. The van der Waals surface area contributed by atoms with Crippen LogP contribution >= 0.6 is 11.3 Å². The molecule has 0 fully saturated rings. The van der Waals surface area contributed by atoms with Gasteiger partial charge in [-0.1, -0.05) is 25.1 Å². The molecule has 2 heterocycles. The van der Waals surface area contributed by atoms with Crippen LogP contribution in [0.25, 0.3) is 10.2 Å². The van der Waals surface area contributed by atoms with E-state index in [1.54, 1.807) is 28.3 Å². The van der Waals surface area contributed by atoms with Crippen LogP contribution in [0.3, 0.4) is 0 Å². The Labute approximate surface area is 144 Å². The lowest BCUT2D eigenvalue weighted by Gasteiger charge is -2.17. The molecule has 1 aliphatic rings. The highest BCUT2D eigenvalue weighted by Crippen LogP contribution is 2.35. The molecular weight excluding hydrogens is 318 g/mol. The van der Waals surface area contributed by atoms with Gasteiger partial charge in [-0.3, -0.25) is 9.36 Å². The van der Waals surface area contributed by atoms with Crippen LogP contribution in [0.2, 0.25) is 0 Å². The van der Waals surface area contributed by atoms with E-state index in [4.69, 9.17) is 0 Å². The van der Waals surface area contributed by atoms with Crippen molar-refractivity contribution in [3.05, 3.63) is 62.5 Å². The summed E-state index contributed by atoms with van der Waals surface area (Å²) in [5, 5.41) is 10.0. The first-order valence-corrected chi connectivity index (χ1v) is 8.96. The first kappa shape index (κ1) is 15.1. The Balaban J connectivity index is 1.82. The van der Waals surface area contributed by atoms with Crippen LogP contribution in [0.15, 0.2) is 35.4 Å². The first-order chi connectivity index (χ1) is 11.7. The maximum atomic E-state index is 13.0. The summed E-state index contributed by atoms with van der Waals surface area (Å²) >= 11 is 1.66. The van der Waals surface area contributed by atoms with Crippen molar-refractivity contribution in [2.45, 2.75) is 32.7 Å². The Kier molecular flexibility index (Phi) is 3.70. The summed E-state index contributed by atoms with van der Waals surface area (Å²) in [7, 11) is 0. The summed E-state index contributed by atoms with van der Waals surface area (Å²) in [5.41, 5.74) is 2.67. The summed E-state index contributed by atoms with van der Waals surface area (Å²) in [6.07, 6.45) is 4.76. The van der Waals surface area contributed by atoms with Crippen molar-refractivity contribution in [2.75, 3.05) is 0 Å². The molecule has 4 nitrogen and oxygen atoms in total. The molecule has 4 rings (SSSR count). The molecule has 0 N–H and O–H groups in total. The zero-order chi connectivity index (χ0) is 16.7. The second-order valence-electron chi connectivity index (χ2n) is 6.48. The number of nitrogens with zero attached hydrogens (tertiary/aromatic N) is 3. The smallest absolute Gasteiger partial charge is 0.262 e. The number of benzene rings is 1. The third-order valence-electron chi connectivity index (χ3n) is 4.76. The fraction of sp³-hybridized carbons (Fsp3) is 0.316. The largest absolute Gasteiger partial charge is 0.294 e. The average Bonchev–Trinajstić information content (AvgIpc) is 2.96. The SMILES string of the molecule is C[C@@H]1CCc2c(sc3ncn(Cc4ccccc4C#N)c(=O)c23)C1. The van der Waals surface area contributed by atoms with Gasteiger partial charge in [0.15, 0.2) is 0 Å². The number of aromatic nitrogens is 2. The van der Waals surface area contributed by atoms with Gasteiger partial charge in [0.25, 0.3) is 5.56 Å². The molecule has 0 saturated carbocycles. The molecule has 120 valence electrons. The van der Waals surface area contributed by atoms with E-state index in [0.29, 0.717) is 18.0 Å². The zero-order valence-corrected chi connectivity index (χ0v) is 14.3. The van der Waals surface area contributed by atoms with Gasteiger partial charge in [-0.15, -0.1) is 11.3 Å². The monoisotopic (exact) mass is 335 g/mol. The van der Waals surface area contributed by atoms with Crippen molar-refractivity contribution < 1.29 is 0 Å². The topological polar surface area (TPSA) is 58.7 Å². The van der Waals surface area contributed by atoms with Crippen molar-refractivity contribution in [1.29, 1.82) is 5.26 Å². The second-order valence-corrected chi connectivity index (χ2v) is 7.56. The summed E-state index contributed by atoms with van der Waals surface area (Å²) in [5.74, 6) is 0.676. The lowest BCUT2D eigenvalue weighted by molar-refractivity contribution is 0.509. The van der Waals surface area contributed by atoms with E-state index in [-0.39, 0.29) is 5.56 Å². The molecule has 0 saturated heterocycles. The average molecular weight is 335 g/mol. The van der Waals surface area contributed by atoms with E-state index in [9.17, 15) is 10.1 Å². The molecule has 1 aliphatic carbocycles. The number of fused-ring (bicyclic) bond motifs is 3. The normalized spacial score (nSPS) is 16.8. The molecule has 0 aliphatic heterocycles. The molecule has 0 spiro atoms. The second kappa shape index (κ2) is 5.88. The third kappa shape index (κ3) is 2.44. The molecule has 0 unspecified atom stereocenters. The highest BCUT2D eigenvalue weighted by Gasteiger charge is 2.23. The number of hydrogen-bond donors (Lipinski definition) is 0. The van der Waals surface area contributed by atoms with Crippen LogP contribution in [0.5, 0.6) is 0 Å². The van der Waals surface area contributed by atoms with Crippen LogP contribution in [0.4, 0.5) is 0 Å². The molecule has 3 aromatic rings. The van der Waals surface area contributed by atoms with Crippen LogP contribution < -0.4 is 5.56 Å². The van der Waals surface area contributed by atoms with E-state index in [2.05, 4.69) is 18.0 Å². The number of thiophene rings is 1. The van der Waals surface area contributed by atoms with Gasteiger partial charge in [0.1, 0.15) is 4.83 Å². The van der Waals surface area contributed by atoms with Gasteiger partial charge < -0.3 is 0 Å². The van der Waals surface area contributed by atoms with Gasteiger partial charge in [0.05, 0.1) is 29.9 Å². The van der Waals surface area contributed by atoms with Crippen molar-refractivity contribution in [3.63, 3.8) is 0 Å². The lowest BCUT2D eigenvalue weighted by Crippen LogP contribution is -2.22. The Morgan fingerprint density at radius 3 is 3.08 bits per heavy atom. The first-order valence-electron chi connectivity index (χ1n) is 8.15. The van der Waals surface area contributed by atoms with Gasteiger partial charge in [-0.2, -0.15) is 5.26 Å². The van der Waals surface area contributed by atoms with Gasteiger partial charge in [0, 0.05) is 4.88 Å². The van der Waals surface area contributed by atoms with E-state index in [0.717, 1.165) is 35.0 Å². The standard InChI is InChI=1S/C19H17N3OS/c1-12-6-7-15-16(8-12)24-18-17(15)19(23)22(11-21-18)10-14-5-3-2-4-13(14)9-20/h2-5,11-12H,6-8,10H2,1H3/t12-/m1/s1. The number of rotatable bonds is 2. The molecular formula is C19H17N3OS. The van der Waals surface area contributed by atoms with Gasteiger partial charge in [-0.05, 0) is 42.4 Å². The molecule has 5 heteroatoms. The maximum Gasteiger partial charge on any atom is 0.262 e. The van der Waals surface area contributed by atoms with E-state index in [1.807, 2.05) is 18.2 Å². The predicted molar refractivity (Wildman–Crippen MR) is 95.3 cm³/mol. The minimum Gasteiger partial charge on any atom is -0.294 e. The molecule has 0 radical (unpaired) electrons. The van der Waals surface area contributed by atoms with Crippen molar-refractivity contribution in [3.8, 4) is 6.07 Å². The Hall–Kier alpha value is -2.45. The fourth-order valence-corrected chi connectivity index (χ4v) is 4.77. The fourth-order valence-electron chi connectivity index (χ4n) is 3.43. The van der Waals surface area contributed by atoms with E-state index < -0.39 is 0 Å². The quantitative estimate of drug-likeness (QED) is 0.720. The minimum atomic E-state index is 0.0137. The maximum absolute atomic E-state index is 13.0. The summed E-state index contributed by atoms with van der Waals surface area (Å²) in [6, 6.07) is 9.58. The highest BCUT2D eigenvalue weighted by atomic mass is 32.1. The zero-order valence-electron chi connectivity index (χ0n) is 13.5. The number of aryl methyl sites for hydroxylation is 1. The number of hydrogen-bond acceptors (Lipinski definition) is 4. The molecule has 2 aromatic heterocycles. The van der Waals surface area contributed by atoms with Crippen molar-refractivity contribution in [2.24, 2.45) is 5.92 Å². The number of nitriles is 1. The molecule has 24 heavy (non-hydrogen) atoms. The van der Waals surface area contributed by atoms with Gasteiger partial charge in [-0.25, -0.2) is 4.98 Å². The van der Waals surface area contributed by atoms with E-state index in [1.165, 1.54) is 10.4 Å². The van der Waals surface area contributed by atoms with Crippen LogP contribution in [0.1, 0.15) is 34.9 Å². The highest BCUT2D eigenvalue weighted by molar-refractivity contribution is 7.18. The summed E-state index contributed by atoms with van der Waals surface area (Å²) < 4.78 is 1.63. The molecule has 1 atom stereocenters. The van der Waals surface area contributed by atoms with Crippen molar-refractivity contribution in [1.82, 2.24) is 9.55 Å². The van der Waals surface area contributed by atoms with Crippen LogP contribution in [-0.4, -0.2) is 9.55 Å². The molecule has 0 bridgehead atoms.